The number of benzene rings is 1. The lowest BCUT2D eigenvalue weighted by Gasteiger charge is -2.61. The SMILES string of the molecule is CCCCCCCCCCCCCCCCCCOC(=O)CC[C@@H](C)[C@H]1CC[C@H]2[C@@H]3CCC4CC(OCc5ccc(N)cc5N)CC[C@]4(C)[C@H]3CC[C@]12C. The van der Waals surface area contributed by atoms with Crippen LogP contribution in [0.25, 0.3) is 0 Å². The minimum absolute atomic E-state index is 0.0361. The van der Waals surface area contributed by atoms with E-state index >= 15 is 0 Å². The maximum absolute atomic E-state index is 12.8. The monoisotopic (exact) mass is 749 g/mol. The molecule has 2 unspecified atom stereocenters. The first-order valence-corrected chi connectivity index (χ1v) is 23.6. The summed E-state index contributed by atoms with van der Waals surface area (Å²) in [5.74, 6) is 4.73. The smallest absolute Gasteiger partial charge is 0.305 e. The van der Waals surface area contributed by atoms with Crippen LogP contribution in [0.2, 0.25) is 0 Å². The van der Waals surface area contributed by atoms with Crippen LogP contribution in [0.4, 0.5) is 11.4 Å². The first-order valence-electron chi connectivity index (χ1n) is 23.6. The summed E-state index contributed by atoms with van der Waals surface area (Å²) in [6.07, 6.45) is 35.7. The molecule has 54 heavy (non-hydrogen) atoms. The number of hydrogen-bond donors (Lipinski definition) is 2. The predicted octanol–water partition coefficient (Wildman–Crippen LogP) is 13.6. The Morgan fingerprint density at radius 1 is 0.759 bits per heavy atom. The average molecular weight is 749 g/mol. The molecule has 1 aromatic carbocycles. The molecule has 0 aliphatic heterocycles. The Morgan fingerprint density at radius 3 is 2.02 bits per heavy atom. The molecule has 4 aliphatic carbocycles. The molecule has 4 aliphatic rings. The lowest BCUT2D eigenvalue weighted by molar-refractivity contribution is -0.145. The van der Waals surface area contributed by atoms with Crippen LogP contribution in [-0.2, 0) is 20.9 Å². The van der Waals surface area contributed by atoms with Gasteiger partial charge in [0.25, 0.3) is 0 Å². The Balaban J connectivity index is 0.926. The van der Waals surface area contributed by atoms with Crippen molar-refractivity contribution < 1.29 is 14.3 Å². The molecule has 4 saturated carbocycles. The summed E-state index contributed by atoms with van der Waals surface area (Å²) in [6.45, 7) is 11.3. The van der Waals surface area contributed by atoms with Gasteiger partial charge in [0, 0.05) is 23.4 Å². The number of nitrogens with two attached hydrogens (primary N) is 2. The molecule has 0 heterocycles. The van der Waals surface area contributed by atoms with Crippen molar-refractivity contribution >= 4 is 17.3 Å². The normalized spacial score (nSPS) is 31.0. The van der Waals surface area contributed by atoms with Crippen molar-refractivity contribution in [3.8, 4) is 0 Å². The van der Waals surface area contributed by atoms with Crippen LogP contribution in [0.5, 0.6) is 0 Å². The summed E-state index contributed by atoms with van der Waals surface area (Å²) in [5, 5.41) is 0. The zero-order valence-electron chi connectivity index (χ0n) is 35.7. The van der Waals surface area contributed by atoms with Gasteiger partial charge in [0.1, 0.15) is 0 Å². The zero-order chi connectivity index (χ0) is 38.4. The van der Waals surface area contributed by atoms with E-state index in [2.05, 4.69) is 27.7 Å². The van der Waals surface area contributed by atoms with Crippen molar-refractivity contribution in [2.24, 2.45) is 46.3 Å². The molecule has 0 bridgehead atoms. The van der Waals surface area contributed by atoms with Gasteiger partial charge in [-0.2, -0.15) is 0 Å². The van der Waals surface area contributed by atoms with Crippen molar-refractivity contribution in [2.75, 3.05) is 18.1 Å². The third kappa shape index (κ3) is 11.7. The molecule has 0 spiro atoms. The van der Waals surface area contributed by atoms with Crippen LogP contribution < -0.4 is 11.5 Å². The standard InChI is InChI=1S/C49H84N2O3/c1-5-6-7-8-9-10-11-12-13-14-15-16-17-18-19-20-33-53-47(52)28-21-37(2)43-26-27-44-42-25-23-39-34-41(54-36-38-22-24-40(50)35-46(38)51)29-31-48(39,3)45(42)30-32-49(43,44)4/h22,24,35,37,39,41-45H,5-21,23,25-34,36,50-51H2,1-4H3/t37-,39?,41?,42+,43-,44+,45+,48+,49-/m1/s1. The Hall–Kier alpha value is -1.75. The Labute approximate surface area is 332 Å². The van der Waals surface area contributed by atoms with Crippen LogP contribution in [0.3, 0.4) is 0 Å². The third-order valence-corrected chi connectivity index (χ3v) is 16.1. The number of ether oxygens (including phenoxy) is 2. The number of rotatable bonds is 24. The number of esters is 1. The van der Waals surface area contributed by atoms with Gasteiger partial charge in [-0.1, -0.05) is 130 Å². The molecule has 308 valence electrons. The fourth-order valence-electron chi connectivity index (χ4n) is 12.8. The molecule has 0 radical (unpaired) electrons. The van der Waals surface area contributed by atoms with E-state index in [1.807, 2.05) is 18.2 Å². The van der Waals surface area contributed by atoms with E-state index < -0.39 is 0 Å². The molecular formula is C49H84N2O3. The summed E-state index contributed by atoms with van der Waals surface area (Å²) in [6, 6.07) is 5.79. The minimum Gasteiger partial charge on any atom is -0.466 e. The number of fused-ring (bicyclic) bond motifs is 5. The van der Waals surface area contributed by atoms with Crippen LogP contribution >= 0.6 is 0 Å². The van der Waals surface area contributed by atoms with E-state index in [1.165, 1.54) is 154 Å². The van der Waals surface area contributed by atoms with E-state index in [1.54, 1.807) is 0 Å². The second-order valence-electron chi connectivity index (χ2n) is 19.6. The highest BCUT2D eigenvalue weighted by Crippen LogP contribution is 2.68. The lowest BCUT2D eigenvalue weighted by atomic mass is 9.44. The van der Waals surface area contributed by atoms with Crippen LogP contribution in [0.15, 0.2) is 18.2 Å². The highest BCUT2D eigenvalue weighted by atomic mass is 16.5. The fourth-order valence-corrected chi connectivity index (χ4v) is 12.8. The molecular weight excluding hydrogens is 665 g/mol. The quantitative estimate of drug-likeness (QED) is 0.0624. The number of carbonyl (C=O) groups is 1. The molecule has 1 aromatic rings. The van der Waals surface area contributed by atoms with Crippen molar-refractivity contribution in [3.63, 3.8) is 0 Å². The van der Waals surface area contributed by atoms with E-state index in [9.17, 15) is 4.79 Å². The molecule has 0 amide bonds. The Morgan fingerprint density at radius 2 is 1.37 bits per heavy atom. The lowest BCUT2D eigenvalue weighted by Crippen LogP contribution is -2.54. The minimum atomic E-state index is 0.0361. The highest BCUT2D eigenvalue weighted by molar-refractivity contribution is 5.69. The molecule has 0 saturated heterocycles. The second-order valence-corrected chi connectivity index (χ2v) is 19.6. The van der Waals surface area contributed by atoms with Crippen molar-refractivity contribution in [1.82, 2.24) is 0 Å². The molecule has 4 N–H and O–H groups in total. The zero-order valence-corrected chi connectivity index (χ0v) is 35.7. The number of carbonyl (C=O) groups excluding carboxylic acids is 1. The maximum Gasteiger partial charge on any atom is 0.305 e. The van der Waals surface area contributed by atoms with Gasteiger partial charge >= 0.3 is 5.97 Å². The Bertz CT molecular complexity index is 1250. The highest BCUT2D eigenvalue weighted by Gasteiger charge is 2.60. The fraction of sp³-hybridized carbons (Fsp3) is 0.857. The van der Waals surface area contributed by atoms with Crippen LogP contribution in [-0.4, -0.2) is 18.7 Å². The van der Waals surface area contributed by atoms with Gasteiger partial charge in [-0.3, -0.25) is 4.79 Å². The first-order chi connectivity index (χ1) is 26.2. The van der Waals surface area contributed by atoms with Crippen molar-refractivity contribution in [1.29, 1.82) is 0 Å². The summed E-state index contributed by atoms with van der Waals surface area (Å²) in [7, 11) is 0. The predicted molar refractivity (Wildman–Crippen MR) is 228 cm³/mol. The van der Waals surface area contributed by atoms with Gasteiger partial charge in [-0.05, 0) is 129 Å². The third-order valence-electron chi connectivity index (χ3n) is 16.1. The summed E-state index contributed by atoms with van der Waals surface area (Å²) in [4.78, 5) is 12.8. The number of nitrogen functional groups attached to an aromatic ring is 2. The van der Waals surface area contributed by atoms with Gasteiger partial charge in [0.15, 0.2) is 0 Å². The van der Waals surface area contributed by atoms with Crippen LogP contribution in [0, 0.1) is 46.3 Å². The largest absolute Gasteiger partial charge is 0.466 e. The Kier molecular flexibility index (Phi) is 17.4. The van der Waals surface area contributed by atoms with E-state index in [0.29, 0.717) is 48.2 Å². The van der Waals surface area contributed by atoms with Gasteiger partial charge in [0.2, 0.25) is 0 Å². The molecule has 5 nitrogen and oxygen atoms in total. The summed E-state index contributed by atoms with van der Waals surface area (Å²) >= 11 is 0. The van der Waals surface area contributed by atoms with Gasteiger partial charge in [0.05, 0.1) is 19.3 Å². The molecule has 4 fully saturated rings. The second kappa shape index (κ2) is 21.7. The molecule has 5 heteroatoms. The van der Waals surface area contributed by atoms with Crippen LogP contribution in [0.1, 0.15) is 207 Å². The summed E-state index contributed by atoms with van der Waals surface area (Å²) < 4.78 is 12.2. The number of hydrogen-bond acceptors (Lipinski definition) is 5. The van der Waals surface area contributed by atoms with Crippen molar-refractivity contribution in [2.45, 2.75) is 214 Å². The summed E-state index contributed by atoms with van der Waals surface area (Å²) in [5.41, 5.74) is 15.5. The maximum atomic E-state index is 12.8. The van der Waals surface area contributed by atoms with E-state index in [0.717, 1.165) is 53.7 Å². The number of unbranched alkanes of at least 4 members (excludes halogenated alkanes) is 15. The number of anilines is 2. The van der Waals surface area contributed by atoms with Crippen molar-refractivity contribution in [3.05, 3.63) is 23.8 Å². The topological polar surface area (TPSA) is 87.6 Å². The van der Waals surface area contributed by atoms with Gasteiger partial charge in [-0.15, -0.1) is 0 Å². The van der Waals surface area contributed by atoms with E-state index in [-0.39, 0.29) is 5.97 Å². The molecule has 5 rings (SSSR count). The first kappa shape index (κ1) is 43.4. The van der Waals surface area contributed by atoms with Gasteiger partial charge < -0.3 is 20.9 Å². The average Bonchev–Trinajstić information content (AvgIpc) is 3.52. The van der Waals surface area contributed by atoms with Gasteiger partial charge in [-0.25, -0.2) is 0 Å². The molecule has 0 aromatic heterocycles. The van der Waals surface area contributed by atoms with E-state index in [4.69, 9.17) is 20.9 Å². The molecule has 9 atom stereocenters.